The van der Waals surface area contributed by atoms with Crippen LogP contribution >= 0.6 is 0 Å². The zero-order valence-electron chi connectivity index (χ0n) is 21.9. The molecule has 1 aliphatic heterocycles. The molecule has 0 saturated carbocycles. The van der Waals surface area contributed by atoms with Crippen LogP contribution in [0.4, 0.5) is 26.3 Å². The van der Waals surface area contributed by atoms with Crippen LogP contribution in [0.1, 0.15) is 40.3 Å². The lowest BCUT2D eigenvalue weighted by Gasteiger charge is -2.30. The van der Waals surface area contributed by atoms with Gasteiger partial charge < -0.3 is 0 Å². The molecule has 0 saturated heterocycles. The highest BCUT2D eigenvalue weighted by Crippen LogP contribution is 2.57. The molecule has 0 spiro atoms. The molecule has 0 radical (unpaired) electrons. The summed E-state index contributed by atoms with van der Waals surface area (Å²) in [5, 5.41) is 1.58. The fourth-order valence-corrected chi connectivity index (χ4v) is 9.88. The van der Waals surface area contributed by atoms with Crippen molar-refractivity contribution < 1.29 is 26.3 Å². The van der Waals surface area contributed by atoms with Crippen LogP contribution in [-0.4, -0.2) is 8.07 Å². The first-order valence-electron chi connectivity index (χ1n) is 12.9. The summed E-state index contributed by atoms with van der Waals surface area (Å²) in [6, 6.07) is 30.0. The van der Waals surface area contributed by atoms with Gasteiger partial charge in [0.05, 0.1) is 11.1 Å². The van der Waals surface area contributed by atoms with Crippen molar-refractivity contribution in [2.75, 3.05) is 0 Å². The van der Waals surface area contributed by atoms with Crippen LogP contribution in [0.5, 0.6) is 0 Å². The lowest BCUT2D eigenvalue weighted by molar-refractivity contribution is -0.138. The summed E-state index contributed by atoms with van der Waals surface area (Å²) in [6.45, 7) is 4.03. The molecule has 0 fully saturated rings. The van der Waals surface area contributed by atoms with Crippen molar-refractivity contribution in [2.45, 2.75) is 31.9 Å². The molecule has 7 heteroatoms. The minimum Gasteiger partial charge on any atom is -0.166 e. The van der Waals surface area contributed by atoms with Gasteiger partial charge >= 0.3 is 12.4 Å². The summed E-state index contributed by atoms with van der Waals surface area (Å²) in [6.07, 6.45) is -9.07. The normalized spacial score (nSPS) is 15.6. The fraction of sp³-hybridized carbons (Fsp3) is 0.152. The van der Waals surface area contributed by atoms with E-state index in [9.17, 15) is 26.3 Å². The Morgan fingerprint density at radius 3 is 1.18 bits per heavy atom. The van der Waals surface area contributed by atoms with Crippen LogP contribution < -0.4 is 0 Å². The van der Waals surface area contributed by atoms with E-state index in [2.05, 4.69) is 6.55 Å². The lowest BCUT2D eigenvalue weighted by atomic mass is 9.89. The molecule has 1 aliphatic rings. The van der Waals surface area contributed by atoms with Gasteiger partial charge in [0, 0.05) is 0 Å². The van der Waals surface area contributed by atoms with Crippen LogP contribution in [0.25, 0.3) is 21.5 Å². The maximum atomic E-state index is 13.9. The molecule has 5 rings (SSSR count). The smallest absolute Gasteiger partial charge is 0.166 e. The second-order valence-corrected chi connectivity index (χ2v) is 14.4. The van der Waals surface area contributed by atoms with Gasteiger partial charge in [-0.3, -0.25) is 0 Å². The summed E-state index contributed by atoms with van der Waals surface area (Å²) >= 11 is 0. The maximum absolute atomic E-state index is 13.9. The average Bonchev–Trinajstić information content (AvgIpc) is 3.23. The molecular weight excluding hydrogens is 538 g/mol. The number of alkyl halides is 6. The molecular formula is C33H26F6Si. The molecule has 0 atom stereocenters. The molecule has 4 aromatic carbocycles. The lowest BCUT2D eigenvalue weighted by Crippen LogP contribution is -2.32. The van der Waals surface area contributed by atoms with Gasteiger partial charge in [-0.05, 0) is 68.1 Å². The highest BCUT2D eigenvalue weighted by molar-refractivity contribution is 7.13. The predicted octanol–water partition coefficient (Wildman–Crippen LogP) is 10.4. The van der Waals surface area contributed by atoms with Crippen molar-refractivity contribution in [3.63, 3.8) is 0 Å². The second-order valence-electron chi connectivity index (χ2n) is 10.1. The molecule has 204 valence electrons. The third-order valence-electron chi connectivity index (χ3n) is 7.64. The topological polar surface area (TPSA) is 0 Å². The van der Waals surface area contributed by atoms with E-state index in [0.717, 1.165) is 44.8 Å². The third kappa shape index (κ3) is 4.94. The maximum Gasteiger partial charge on any atom is 0.416 e. The van der Waals surface area contributed by atoms with Crippen LogP contribution in [0.2, 0.25) is 12.6 Å². The molecule has 1 heterocycles. The Balaban J connectivity index is 1.93. The molecule has 40 heavy (non-hydrogen) atoms. The number of benzene rings is 4. The number of hydrogen-bond donors (Lipinski definition) is 0. The first kappa shape index (κ1) is 27.7. The van der Waals surface area contributed by atoms with Gasteiger partial charge in [-0.25, -0.2) is 0 Å². The molecule has 0 aromatic heterocycles. The van der Waals surface area contributed by atoms with Crippen molar-refractivity contribution in [3.8, 4) is 0 Å². The molecule has 0 aliphatic carbocycles. The number of allylic oxidation sites excluding steroid dienone is 2. The minimum atomic E-state index is -4.54. The molecule has 0 bridgehead atoms. The van der Waals surface area contributed by atoms with Gasteiger partial charge in [0.1, 0.15) is 8.07 Å². The van der Waals surface area contributed by atoms with Crippen molar-refractivity contribution in [2.24, 2.45) is 0 Å². The van der Waals surface area contributed by atoms with Crippen LogP contribution in [-0.2, 0) is 12.4 Å². The van der Waals surface area contributed by atoms with Gasteiger partial charge in [-0.1, -0.05) is 104 Å². The van der Waals surface area contributed by atoms with E-state index in [4.69, 9.17) is 0 Å². The Bertz CT molecular complexity index is 1480. The number of halogens is 6. The van der Waals surface area contributed by atoms with E-state index >= 15 is 0 Å². The first-order chi connectivity index (χ1) is 18.9. The number of rotatable bonds is 5. The summed E-state index contributed by atoms with van der Waals surface area (Å²) in [5.41, 5.74) is 2.53. The summed E-state index contributed by atoms with van der Waals surface area (Å²) in [5.74, 6) is 0. The fourth-order valence-electron chi connectivity index (χ4n) is 5.70. The van der Waals surface area contributed by atoms with E-state index in [0.29, 0.717) is 17.2 Å². The SMILES string of the molecule is CC[Si]1(C)C(c2cccc(C(F)(F)F)c2)=C(c2ccccc2)C(c2ccccc2)=C1c1cccc(C(F)(F)F)c1. The molecule has 0 N–H and O–H groups in total. The van der Waals surface area contributed by atoms with Gasteiger partial charge in [-0.15, -0.1) is 0 Å². The highest BCUT2D eigenvalue weighted by atomic mass is 28.3. The van der Waals surface area contributed by atoms with Crippen LogP contribution in [0, 0.1) is 0 Å². The summed E-state index contributed by atoms with van der Waals surface area (Å²) in [4.78, 5) is 0. The zero-order chi connectivity index (χ0) is 28.7. The van der Waals surface area contributed by atoms with Gasteiger partial charge in [0.2, 0.25) is 0 Å². The Morgan fingerprint density at radius 2 is 0.850 bits per heavy atom. The van der Waals surface area contributed by atoms with Gasteiger partial charge in [-0.2, -0.15) is 26.3 Å². The monoisotopic (exact) mass is 564 g/mol. The number of hydrogen-bond acceptors (Lipinski definition) is 0. The van der Waals surface area contributed by atoms with Crippen molar-refractivity contribution in [3.05, 3.63) is 143 Å². The van der Waals surface area contributed by atoms with E-state index in [1.54, 1.807) is 12.1 Å². The Kier molecular flexibility index (Phi) is 7.12. The van der Waals surface area contributed by atoms with Crippen LogP contribution in [0.15, 0.2) is 109 Å². The zero-order valence-corrected chi connectivity index (χ0v) is 22.9. The Hall–Kier alpha value is -3.84. The first-order valence-corrected chi connectivity index (χ1v) is 15.6. The van der Waals surface area contributed by atoms with E-state index in [1.165, 1.54) is 24.3 Å². The third-order valence-corrected chi connectivity index (χ3v) is 12.3. The standard InChI is InChI=1S/C33H26F6Si/c1-3-40(2)30(24-16-10-18-26(20-24)32(34,35)36)28(22-12-6-4-7-13-22)29(23-14-8-5-9-15-23)31(40)25-17-11-19-27(21-25)33(37,38)39/h4-21H,3H2,1-2H3. The summed E-state index contributed by atoms with van der Waals surface area (Å²) in [7, 11) is -2.93. The van der Waals surface area contributed by atoms with Gasteiger partial charge in [0.25, 0.3) is 0 Å². The van der Waals surface area contributed by atoms with Crippen molar-refractivity contribution >= 4 is 29.6 Å². The Morgan fingerprint density at radius 1 is 0.500 bits per heavy atom. The predicted molar refractivity (Wildman–Crippen MR) is 151 cm³/mol. The second kappa shape index (κ2) is 10.3. The quantitative estimate of drug-likeness (QED) is 0.167. The van der Waals surface area contributed by atoms with Crippen LogP contribution in [0.3, 0.4) is 0 Å². The molecule has 0 unspecified atom stereocenters. The minimum absolute atomic E-state index is 0.445. The van der Waals surface area contributed by atoms with E-state index in [-0.39, 0.29) is 0 Å². The Labute approximate surface area is 230 Å². The van der Waals surface area contributed by atoms with Crippen molar-refractivity contribution in [1.82, 2.24) is 0 Å². The summed E-state index contributed by atoms with van der Waals surface area (Å²) < 4.78 is 83.2. The molecule has 0 nitrogen and oxygen atoms in total. The van der Waals surface area contributed by atoms with Gasteiger partial charge in [0.15, 0.2) is 0 Å². The molecule has 4 aromatic rings. The van der Waals surface area contributed by atoms with E-state index < -0.39 is 31.6 Å². The average molecular weight is 565 g/mol. The highest BCUT2D eigenvalue weighted by Gasteiger charge is 2.46. The van der Waals surface area contributed by atoms with E-state index in [1.807, 2.05) is 67.6 Å². The largest absolute Gasteiger partial charge is 0.416 e. The van der Waals surface area contributed by atoms with Crippen molar-refractivity contribution in [1.29, 1.82) is 0 Å². The molecule has 0 amide bonds.